The van der Waals surface area contributed by atoms with Crippen molar-refractivity contribution in [1.82, 2.24) is 4.90 Å². The van der Waals surface area contributed by atoms with Crippen LogP contribution in [0, 0.1) is 5.92 Å². The maximum absolute atomic E-state index is 5.79. The molecule has 1 aromatic carbocycles. The number of nitrogens with zero attached hydrogens (tertiary/aromatic N) is 1. The SMILES string of the molecule is CCC1CCN(CCCc2cccc(N)c2)CC1. The van der Waals surface area contributed by atoms with Gasteiger partial charge in [0.05, 0.1) is 0 Å². The van der Waals surface area contributed by atoms with Crippen LogP contribution in [0.2, 0.25) is 0 Å². The number of piperidine rings is 1. The second kappa shape index (κ2) is 6.79. The highest BCUT2D eigenvalue weighted by atomic mass is 15.1. The lowest BCUT2D eigenvalue weighted by molar-refractivity contribution is 0.180. The number of hydrogen-bond donors (Lipinski definition) is 1. The number of nitrogens with two attached hydrogens (primary N) is 1. The molecule has 0 saturated carbocycles. The van der Waals surface area contributed by atoms with Crippen LogP contribution in [0.3, 0.4) is 0 Å². The third kappa shape index (κ3) is 4.02. The van der Waals surface area contributed by atoms with Gasteiger partial charge in [-0.25, -0.2) is 0 Å². The lowest BCUT2D eigenvalue weighted by atomic mass is 9.94. The van der Waals surface area contributed by atoms with Crippen LogP contribution in [-0.2, 0) is 6.42 Å². The lowest BCUT2D eigenvalue weighted by Crippen LogP contribution is -2.34. The summed E-state index contributed by atoms with van der Waals surface area (Å²) in [5, 5.41) is 0. The summed E-state index contributed by atoms with van der Waals surface area (Å²) in [5.74, 6) is 0.982. The maximum Gasteiger partial charge on any atom is 0.0316 e. The molecule has 0 bridgehead atoms. The van der Waals surface area contributed by atoms with Gasteiger partial charge in [-0.15, -0.1) is 0 Å². The molecular weight excluding hydrogens is 220 g/mol. The third-order valence-electron chi connectivity index (χ3n) is 4.18. The van der Waals surface area contributed by atoms with Gasteiger partial charge in [0, 0.05) is 5.69 Å². The molecule has 0 spiro atoms. The second-order valence-electron chi connectivity index (χ2n) is 5.54. The summed E-state index contributed by atoms with van der Waals surface area (Å²) in [7, 11) is 0. The Balaban J connectivity index is 1.67. The minimum Gasteiger partial charge on any atom is -0.399 e. The van der Waals surface area contributed by atoms with Crippen LogP contribution >= 0.6 is 0 Å². The molecule has 100 valence electrons. The summed E-state index contributed by atoms with van der Waals surface area (Å²) in [6.45, 7) is 6.16. The van der Waals surface area contributed by atoms with Crippen molar-refractivity contribution in [1.29, 1.82) is 0 Å². The molecule has 0 atom stereocenters. The van der Waals surface area contributed by atoms with Gasteiger partial charge in [0.2, 0.25) is 0 Å². The zero-order valence-electron chi connectivity index (χ0n) is 11.6. The maximum atomic E-state index is 5.79. The van der Waals surface area contributed by atoms with Gasteiger partial charge in [-0.05, 0) is 68.9 Å². The van der Waals surface area contributed by atoms with Crippen LogP contribution in [-0.4, -0.2) is 24.5 Å². The van der Waals surface area contributed by atoms with Gasteiger partial charge < -0.3 is 10.6 Å². The van der Waals surface area contributed by atoms with Crippen LogP contribution in [0.4, 0.5) is 5.69 Å². The molecule has 2 nitrogen and oxygen atoms in total. The number of benzene rings is 1. The number of anilines is 1. The minimum absolute atomic E-state index is 0.885. The second-order valence-corrected chi connectivity index (χ2v) is 5.54. The molecule has 1 aliphatic heterocycles. The summed E-state index contributed by atoms with van der Waals surface area (Å²) < 4.78 is 0. The molecule has 1 saturated heterocycles. The normalized spacial score (nSPS) is 18.1. The lowest BCUT2D eigenvalue weighted by Gasteiger charge is -2.31. The van der Waals surface area contributed by atoms with E-state index in [9.17, 15) is 0 Å². The van der Waals surface area contributed by atoms with E-state index in [2.05, 4.69) is 30.0 Å². The standard InChI is InChI=1S/C16H26N2/c1-2-14-8-11-18(12-9-14)10-4-6-15-5-3-7-16(17)13-15/h3,5,7,13-14H,2,4,6,8-12,17H2,1H3. The summed E-state index contributed by atoms with van der Waals surface area (Å²) >= 11 is 0. The molecular formula is C16H26N2. The first-order chi connectivity index (χ1) is 8.78. The predicted octanol–water partition coefficient (Wildman–Crippen LogP) is 3.32. The van der Waals surface area contributed by atoms with E-state index in [0.29, 0.717) is 0 Å². The van der Waals surface area contributed by atoms with Crippen molar-refractivity contribution in [3.63, 3.8) is 0 Å². The topological polar surface area (TPSA) is 29.3 Å². The van der Waals surface area contributed by atoms with Gasteiger partial charge in [0.1, 0.15) is 0 Å². The Morgan fingerprint density at radius 3 is 2.72 bits per heavy atom. The smallest absolute Gasteiger partial charge is 0.0316 e. The van der Waals surface area contributed by atoms with Gasteiger partial charge in [-0.2, -0.15) is 0 Å². The van der Waals surface area contributed by atoms with Gasteiger partial charge in [-0.1, -0.05) is 25.5 Å². The first kappa shape index (κ1) is 13.4. The van der Waals surface area contributed by atoms with Crippen LogP contribution in [0.15, 0.2) is 24.3 Å². The molecule has 0 radical (unpaired) electrons. The number of likely N-dealkylation sites (tertiary alicyclic amines) is 1. The summed E-state index contributed by atoms with van der Waals surface area (Å²) in [6, 6.07) is 8.29. The van der Waals surface area contributed by atoms with E-state index in [1.54, 1.807) is 0 Å². The molecule has 1 aromatic rings. The van der Waals surface area contributed by atoms with E-state index in [1.807, 2.05) is 6.07 Å². The van der Waals surface area contributed by atoms with Crippen molar-refractivity contribution < 1.29 is 0 Å². The molecule has 0 aromatic heterocycles. The van der Waals surface area contributed by atoms with Crippen LogP contribution in [0.1, 0.15) is 38.2 Å². The van der Waals surface area contributed by atoms with Crippen LogP contribution < -0.4 is 5.73 Å². The summed E-state index contributed by atoms with van der Waals surface area (Å²) in [4.78, 5) is 2.62. The van der Waals surface area contributed by atoms with Gasteiger partial charge in [0.15, 0.2) is 0 Å². The zero-order valence-corrected chi connectivity index (χ0v) is 11.6. The fourth-order valence-electron chi connectivity index (χ4n) is 2.87. The van der Waals surface area contributed by atoms with Crippen molar-refractivity contribution >= 4 is 5.69 Å². The van der Waals surface area contributed by atoms with Crippen LogP contribution in [0.5, 0.6) is 0 Å². The van der Waals surface area contributed by atoms with Crippen molar-refractivity contribution in [2.45, 2.75) is 39.0 Å². The molecule has 2 N–H and O–H groups in total. The Morgan fingerprint density at radius 2 is 2.06 bits per heavy atom. The average molecular weight is 246 g/mol. The largest absolute Gasteiger partial charge is 0.399 e. The van der Waals surface area contributed by atoms with Crippen LogP contribution in [0.25, 0.3) is 0 Å². The van der Waals surface area contributed by atoms with E-state index < -0.39 is 0 Å². The highest BCUT2D eigenvalue weighted by Gasteiger charge is 2.16. The monoisotopic (exact) mass is 246 g/mol. The first-order valence-electron chi connectivity index (χ1n) is 7.34. The molecule has 2 heteroatoms. The van der Waals surface area contributed by atoms with Gasteiger partial charge in [-0.3, -0.25) is 0 Å². The average Bonchev–Trinajstić information content (AvgIpc) is 2.40. The predicted molar refractivity (Wildman–Crippen MR) is 78.6 cm³/mol. The highest BCUT2D eigenvalue weighted by molar-refractivity contribution is 5.40. The van der Waals surface area contributed by atoms with E-state index in [0.717, 1.165) is 18.0 Å². The van der Waals surface area contributed by atoms with E-state index in [4.69, 9.17) is 5.73 Å². The quantitative estimate of drug-likeness (QED) is 0.808. The minimum atomic E-state index is 0.885. The summed E-state index contributed by atoms with van der Waals surface area (Å²) in [5.41, 5.74) is 8.05. The molecule has 2 rings (SSSR count). The molecule has 18 heavy (non-hydrogen) atoms. The van der Waals surface area contributed by atoms with Gasteiger partial charge in [0.25, 0.3) is 0 Å². The van der Waals surface area contributed by atoms with E-state index in [1.165, 1.54) is 50.9 Å². The van der Waals surface area contributed by atoms with Gasteiger partial charge >= 0.3 is 0 Å². The fourth-order valence-corrected chi connectivity index (χ4v) is 2.87. The van der Waals surface area contributed by atoms with Crippen molar-refractivity contribution in [2.75, 3.05) is 25.4 Å². The molecule has 1 aliphatic rings. The first-order valence-corrected chi connectivity index (χ1v) is 7.34. The number of nitrogen functional groups attached to an aromatic ring is 1. The molecule has 0 aliphatic carbocycles. The van der Waals surface area contributed by atoms with E-state index in [-0.39, 0.29) is 0 Å². The number of hydrogen-bond acceptors (Lipinski definition) is 2. The number of aryl methyl sites for hydroxylation is 1. The van der Waals surface area contributed by atoms with Crippen molar-refractivity contribution in [3.05, 3.63) is 29.8 Å². The highest BCUT2D eigenvalue weighted by Crippen LogP contribution is 2.20. The Kier molecular flexibility index (Phi) is 5.06. The Bertz CT molecular complexity index is 354. The zero-order chi connectivity index (χ0) is 12.8. The van der Waals surface area contributed by atoms with E-state index >= 15 is 0 Å². The van der Waals surface area contributed by atoms with Crippen molar-refractivity contribution in [3.8, 4) is 0 Å². The Hall–Kier alpha value is -1.02. The summed E-state index contributed by atoms with van der Waals surface area (Å²) in [6.07, 6.45) is 6.56. The number of rotatable bonds is 5. The van der Waals surface area contributed by atoms with Crippen molar-refractivity contribution in [2.24, 2.45) is 5.92 Å². The molecule has 1 heterocycles. The molecule has 1 fully saturated rings. The fraction of sp³-hybridized carbons (Fsp3) is 0.625. The molecule has 0 amide bonds. The Labute approximate surface area is 111 Å². The molecule has 0 unspecified atom stereocenters. The third-order valence-corrected chi connectivity index (χ3v) is 4.18. The Morgan fingerprint density at radius 1 is 1.28 bits per heavy atom.